The maximum absolute atomic E-state index is 12.5. The normalized spacial score (nSPS) is 20.6. The van der Waals surface area contributed by atoms with Crippen LogP contribution in [0.1, 0.15) is 86.7 Å². The second-order valence-electron chi connectivity index (χ2n) is 13.4. The van der Waals surface area contributed by atoms with Gasteiger partial charge < -0.3 is 23.8 Å². The zero-order valence-electron chi connectivity index (χ0n) is 25.9. The Kier molecular flexibility index (Phi) is 8.16. The number of rotatable bonds is 4. The van der Waals surface area contributed by atoms with Crippen LogP contribution in [-0.4, -0.2) is 70.4 Å². The number of benzene rings is 2. The quantitative estimate of drug-likeness (QED) is 0.348. The van der Waals surface area contributed by atoms with Gasteiger partial charge in [-0.2, -0.15) is 0 Å². The summed E-state index contributed by atoms with van der Waals surface area (Å²) in [6.45, 7) is 12.5. The number of aromatic nitrogens is 2. The molecular weight excluding hydrogens is 524 g/mol. The fourth-order valence-corrected chi connectivity index (χ4v) is 6.78. The van der Waals surface area contributed by atoms with Crippen molar-refractivity contribution >= 4 is 6.09 Å². The van der Waals surface area contributed by atoms with Gasteiger partial charge in [-0.15, -0.1) is 0 Å². The summed E-state index contributed by atoms with van der Waals surface area (Å²) >= 11 is 0. The lowest BCUT2D eigenvalue weighted by molar-refractivity contribution is -0.0276. The molecule has 0 aliphatic carbocycles. The Bertz CT molecular complexity index is 1390. The van der Waals surface area contributed by atoms with Crippen LogP contribution < -0.4 is 0 Å². The predicted molar refractivity (Wildman–Crippen MR) is 166 cm³/mol. The number of carbonyl (C=O) groups is 1. The molecule has 0 bridgehead atoms. The molecule has 3 aliphatic heterocycles. The van der Waals surface area contributed by atoms with Crippen molar-refractivity contribution in [1.29, 1.82) is 0 Å². The molecular formula is C35H46N4O3. The summed E-state index contributed by atoms with van der Waals surface area (Å²) < 4.78 is 14.9. The molecule has 224 valence electrons. The molecule has 2 aromatic carbocycles. The van der Waals surface area contributed by atoms with Crippen molar-refractivity contribution in [3.63, 3.8) is 0 Å². The third kappa shape index (κ3) is 6.13. The van der Waals surface area contributed by atoms with Gasteiger partial charge in [-0.25, -0.2) is 9.78 Å². The maximum atomic E-state index is 12.5. The van der Waals surface area contributed by atoms with Gasteiger partial charge in [0.1, 0.15) is 17.5 Å². The average Bonchev–Trinajstić information content (AvgIpc) is 3.22. The second kappa shape index (κ2) is 11.8. The first-order valence-electron chi connectivity index (χ1n) is 15.7. The monoisotopic (exact) mass is 570 g/mol. The largest absolute Gasteiger partial charge is 0.444 e. The summed E-state index contributed by atoms with van der Waals surface area (Å²) in [5.41, 5.74) is 6.90. The summed E-state index contributed by atoms with van der Waals surface area (Å²) in [4.78, 5) is 22.0. The van der Waals surface area contributed by atoms with Crippen LogP contribution >= 0.6 is 0 Å². The Labute approximate surface area is 250 Å². The van der Waals surface area contributed by atoms with E-state index in [4.69, 9.17) is 14.5 Å². The molecule has 2 saturated heterocycles. The number of amides is 1. The van der Waals surface area contributed by atoms with Crippen molar-refractivity contribution in [2.75, 3.05) is 33.2 Å². The number of fused-ring (bicyclic) bond motifs is 2. The molecule has 0 radical (unpaired) electrons. The topological polar surface area (TPSA) is 59.8 Å². The summed E-state index contributed by atoms with van der Waals surface area (Å²) in [5, 5.41) is 0. The van der Waals surface area contributed by atoms with Crippen molar-refractivity contribution in [1.82, 2.24) is 19.4 Å². The molecule has 7 nitrogen and oxygen atoms in total. The van der Waals surface area contributed by atoms with Gasteiger partial charge in [0.05, 0.1) is 11.8 Å². The lowest BCUT2D eigenvalue weighted by atomic mass is 9.89. The number of carbonyl (C=O) groups excluding carboxylic acids is 1. The van der Waals surface area contributed by atoms with Crippen LogP contribution in [0.5, 0.6) is 0 Å². The van der Waals surface area contributed by atoms with Gasteiger partial charge in [0.2, 0.25) is 0 Å². The van der Waals surface area contributed by atoms with Crippen molar-refractivity contribution < 1.29 is 14.3 Å². The van der Waals surface area contributed by atoms with Crippen LogP contribution in [0.25, 0.3) is 11.3 Å². The summed E-state index contributed by atoms with van der Waals surface area (Å²) in [5.74, 6) is 1.48. The zero-order chi connectivity index (χ0) is 29.4. The number of hydrogen-bond donors (Lipinski definition) is 0. The van der Waals surface area contributed by atoms with Crippen molar-refractivity contribution in [3.05, 3.63) is 76.7 Å². The first kappa shape index (κ1) is 28.9. The summed E-state index contributed by atoms with van der Waals surface area (Å²) in [7, 11) is 2.19. The molecule has 2 fully saturated rings. The predicted octanol–water partition coefficient (Wildman–Crippen LogP) is 6.73. The number of piperidine rings is 2. The molecule has 3 aliphatic rings. The van der Waals surface area contributed by atoms with Crippen LogP contribution in [0.4, 0.5) is 4.79 Å². The first-order chi connectivity index (χ1) is 20.2. The van der Waals surface area contributed by atoms with Gasteiger partial charge in [0.25, 0.3) is 0 Å². The molecule has 1 aromatic heterocycles. The van der Waals surface area contributed by atoms with E-state index in [2.05, 4.69) is 72.0 Å². The van der Waals surface area contributed by atoms with E-state index in [1.165, 1.54) is 22.4 Å². The third-order valence-corrected chi connectivity index (χ3v) is 9.22. The number of likely N-dealkylation sites (tertiary alicyclic amines) is 2. The number of imidazole rings is 1. The van der Waals surface area contributed by atoms with Crippen LogP contribution in [0.3, 0.4) is 0 Å². The highest BCUT2D eigenvalue weighted by molar-refractivity contribution is 5.68. The fraction of sp³-hybridized carbons (Fsp3) is 0.543. The Hall–Kier alpha value is -3.16. The Morgan fingerprint density at radius 3 is 2.29 bits per heavy atom. The second-order valence-corrected chi connectivity index (χ2v) is 13.4. The zero-order valence-corrected chi connectivity index (χ0v) is 25.9. The number of hydrogen-bond acceptors (Lipinski definition) is 5. The van der Waals surface area contributed by atoms with Crippen LogP contribution in [0.2, 0.25) is 0 Å². The molecule has 0 spiro atoms. The molecule has 0 saturated carbocycles. The van der Waals surface area contributed by atoms with Gasteiger partial charge in [-0.05, 0) is 89.5 Å². The van der Waals surface area contributed by atoms with E-state index in [0.29, 0.717) is 5.92 Å². The highest BCUT2D eigenvalue weighted by Crippen LogP contribution is 2.38. The van der Waals surface area contributed by atoms with Gasteiger partial charge in [-0.1, -0.05) is 48.5 Å². The minimum atomic E-state index is -0.463. The van der Waals surface area contributed by atoms with E-state index in [-0.39, 0.29) is 18.3 Å². The van der Waals surface area contributed by atoms with Gasteiger partial charge in [0, 0.05) is 44.0 Å². The first-order valence-corrected chi connectivity index (χ1v) is 15.7. The van der Waals surface area contributed by atoms with Crippen LogP contribution in [0, 0.1) is 6.92 Å². The molecule has 7 heteroatoms. The molecule has 1 unspecified atom stereocenters. The van der Waals surface area contributed by atoms with Gasteiger partial charge >= 0.3 is 6.09 Å². The van der Waals surface area contributed by atoms with Crippen LogP contribution in [-0.2, 0) is 22.4 Å². The minimum absolute atomic E-state index is 0.154. The molecule has 1 atom stereocenters. The molecule has 6 rings (SSSR count). The van der Waals surface area contributed by atoms with Gasteiger partial charge in [-0.3, -0.25) is 0 Å². The molecule has 0 N–H and O–H groups in total. The summed E-state index contributed by atoms with van der Waals surface area (Å²) in [6, 6.07) is 17.7. The van der Waals surface area contributed by atoms with Gasteiger partial charge in [0.15, 0.2) is 0 Å². The van der Waals surface area contributed by atoms with E-state index in [1.807, 2.05) is 25.7 Å². The lowest BCUT2D eigenvalue weighted by Gasteiger charge is -2.33. The molecule has 3 aromatic rings. The van der Waals surface area contributed by atoms with Crippen molar-refractivity contribution in [2.24, 2.45) is 0 Å². The van der Waals surface area contributed by atoms with Crippen molar-refractivity contribution in [3.8, 4) is 11.3 Å². The van der Waals surface area contributed by atoms with Crippen LogP contribution in [0.15, 0.2) is 48.5 Å². The van der Waals surface area contributed by atoms with E-state index in [1.54, 1.807) is 0 Å². The van der Waals surface area contributed by atoms with E-state index in [9.17, 15) is 4.79 Å². The van der Waals surface area contributed by atoms with Crippen molar-refractivity contribution in [2.45, 2.75) is 90.1 Å². The highest BCUT2D eigenvalue weighted by atomic mass is 16.6. The van der Waals surface area contributed by atoms with E-state index < -0.39 is 5.60 Å². The minimum Gasteiger partial charge on any atom is -0.444 e. The SMILES string of the molecule is Cc1c(-c2ccc(C3CCN(C(=O)OC(C)(C)C)CC3)cc2)nc2n1CCc1ccccc1C2OC1CCN(C)CC1. The molecule has 4 heterocycles. The lowest BCUT2D eigenvalue weighted by Crippen LogP contribution is -2.41. The maximum Gasteiger partial charge on any atom is 0.410 e. The smallest absolute Gasteiger partial charge is 0.410 e. The van der Waals surface area contributed by atoms with E-state index in [0.717, 1.165) is 81.9 Å². The number of nitrogens with zero attached hydrogens (tertiary/aromatic N) is 4. The standard InChI is InChI=1S/C35H46N4O3/c1-24-31(28-12-10-25(11-13-28)26-14-21-38(22-15-26)34(40)42-35(2,3)4)36-33-32(41-29-17-19-37(5)20-18-29)30-9-7-6-8-27(30)16-23-39(24)33/h6-13,26,29,32H,14-23H2,1-5H3. The Balaban J connectivity index is 1.21. The highest BCUT2D eigenvalue weighted by Gasteiger charge is 2.32. The third-order valence-electron chi connectivity index (χ3n) is 9.22. The average molecular weight is 571 g/mol. The molecule has 42 heavy (non-hydrogen) atoms. The summed E-state index contributed by atoms with van der Waals surface area (Å²) in [6.07, 6.45) is 4.88. The Morgan fingerprint density at radius 1 is 0.905 bits per heavy atom. The molecule has 1 amide bonds. The fourth-order valence-electron chi connectivity index (χ4n) is 6.78. The Morgan fingerprint density at radius 2 is 1.60 bits per heavy atom. The number of ether oxygens (including phenoxy) is 2. The van der Waals surface area contributed by atoms with E-state index >= 15 is 0 Å². The number of aryl methyl sites for hydroxylation is 1.